The number of nitrogens with two attached hydrogens (primary N) is 1. The van der Waals surface area contributed by atoms with E-state index in [4.69, 9.17) is 5.73 Å². The van der Waals surface area contributed by atoms with Crippen molar-refractivity contribution in [2.75, 3.05) is 0 Å². The third kappa shape index (κ3) is 2.68. The van der Waals surface area contributed by atoms with Crippen molar-refractivity contribution in [3.8, 4) is 22.6 Å². The van der Waals surface area contributed by atoms with Crippen molar-refractivity contribution in [2.24, 2.45) is 12.8 Å². The Kier molecular flexibility index (Phi) is 3.50. The van der Waals surface area contributed by atoms with E-state index in [1.807, 2.05) is 31.4 Å². The Morgan fingerprint density at radius 1 is 1.05 bits per heavy atom. The van der Waals surface area contributed by atoms with Gasteiger partial charge >= 0.3 is 0 Å². The lowest BCUT2D eigenvalue weighted by molar-refractivity contribution is 0.628. The molecule has 0 saturated heterocycles. The molecule has 0 spiro atoms. The monoisotopic (exact) mass is 282 g/mol. The molecule has 0 aliphatic heterocycles. The molecule has 0 saturated carbocycles. The fourth-order valence-corrected chi connectivity index (χ4v) is 2.20. The molecular formula is C16H15FN4. The van der Waals surface area contributed by atoms with Gasteiger partial charge in [0.1, 0.15) is 11.5 Å². The zero-order valence-electron chi connectivity index (χ0n) is 11.6. The van der Waals surface area contributed by atoms with E-state index in [1.54, 1.807) is 16.8 Å². The third-order valence-electron chi connectivity index (χ3n) is 3.29. The van der Waals surface area contributed by atoms with Gasteiger partial charge in [-0.25, -0.2) is 9.37 Å². The smallest absolute Gasteiger partial charge is 0.123 e. The second-order valence-electron chi connectivity index (χ2n) is 4.79. The molecule has 3 aromatic rings. The summed E-state index contributed by atoms with van der Waals surface area (Å²) in [7, 11) is 1.86. The Balaban J connectivity index is 2.10. The highest BCUT2D eigenvalue weighted by Crippen LogP contribution is 2.25. The molecule has 2 aromatic heterocycles. The molecule has 2 N–H and O–H groups in total. The van der Waals surface area contributed by atoms with Gasteiger partial charge in [0.2, 0.25) is 0 Å². The zero-order chi connectivity index (χ0) is 14.8. The average Bonchev–Trinajstić information content (AvgIpc) is 2.94. The van der Waals surface area contributed by atoms with Gasteiger partial charge in [0.05, 0.1) is 11.4 Å². The molecule has 0 aliphatic rings. The highest BCUT2D eigenvalue weighted by molar-refractivity contribution is 5.66. The van der Waals surface area contributed by atoms with Crippen LogP contribution in [-0.2, 0) is 13.6 Å². The van der Waals surface area contributed by atoms with Crippen molar-refractivity contribution in [3.05, 3.63) is 60.0 Å². The first-order valence-electron chi connectivity index (χ1n) is 6.63. The molecule has 4 nitrogen and oxygen atoms in total. The quantitative estimate of drug-likeness (QED) is 0.803. The van der Waals surface area contributed by atoms with Gasteiger partial charge in [-0.3, -0.25) is 4.68 Å². The van der Waals surface area contributed by atoms with Gasteiger partial charge in [0.25, 0.3) is 0 Å². The maximum Gasteiger partial charge on any atom is 0.123 e. The number of aromatic nitrogens is 3. The molecule has 106 valence electrons. The van der Waals surface area contributed by atoms with Gasteiger partial charge in [0.15, 0.2) is 0 Å². The number of pyridine rings is 1. The summed E-state index contributed by atoms with van der Waals surface area (Å²) in [6.07, 6.45) is 1.86. The first kappa shape index (κ1) is 13.5. The summed E-state index contributed by atoms with van der Waals surface area (Å²) < 4.78 is 14.7. The molecule has 0 amide bonds. The molecule has 0 atom stereocenters. The Bertz CT molecular complexity index is 762. The van der Waals surface area contributed by atoms with E-state index < -0.39 is 0 Å². The number of halogens is 1. The minimum atomic E-state index is -0.262. The predicted octanol–water partition coefficient (Wildman–Crippen LogP) is 2.75. The summed E-state index contributed by atoms with van der Waals surface area (Å²) in [5, 5.41) is 4.38. The average molecular weight is 282 g/mol. The lowest BCUT2D eigenvalue weighted by Gasteiger charge is -2.08. The molecule has 0 bridgehead atoms. The molecule has 0 fully saturated rings. The maximum atomic E-state index is 13.0. The summed E-state index contributed by atoms with van der Waals surface area (Å²) in [5.41, 5.74) is 9.88. The fraction of sp³-hybridized carbons (Fsp3) is 0.125. The van der Waals surface area contributed by atoms with E-state index in [1.165, 1.54) is 12.1 Å². The first-order valence-corrected chi connectivity index (χ1v) is 6.63. The number of rotatable bonds is 3. The van der Waals surface area contributed by atoms with Crippen LogP contribution in [0.2, 0.25) is 0 Å². The van der Waals surface area contributed by atoms with Crippen molar-refractivity contribution in [3.63, 3.8) is 0 Å². The van der Waals surface area contributed by atoms with Gasteiger partial charge in [-0.15, -0.1) is 0 Å². The minimum Gasteiger partial charge on any atom is -0.326 e. The van der Waals surface area contributed by atoms with Crippen LogP contribution >= 0.6 is 0 Å². The summed E-state index contributed by atoms with van der Waals surface area (Å²) in [6.45, 7) is 0.391. The van der Waals surface area contributed by atoms with Crippen LogP contribution in [-0.4, -0.2) is 14.8 Å². The van der Waals surface area contributed by atoms with Gasteiger partial charge in [0, 0.05) is 25.4 Å². The summed E-state index contributed by atoms with van der Waals surface area (Å²) in [4.78, 5) is 4.65. The van der Waals surface area contributed by atoms with Crippen LogP contribution in [0.1, 0.15) is 5.56 Å². The molecule has 5 heteroatoms. The Hall–Kier alpha value is -2.53. The number of hydrogen-bond donors (Lipinski definition) is 1. The SMILES string of the molecule is Cn1ccc(-c2nc(-c3ccc(F)cc3)ccc2CN)n1. The normalized spacial score (nSPS) is 10.8. The Morgan fingerprint density at radius 3 is 2.43 bits per heavy atom. The van der Waals surface area contributed by atoms with E-state index >= 15 is 0 Å². The number of nitrogens with zero attached hydrogens (tertiary/aromatic N) is 3. The van der Waals surface area contributed by atoms with Crippen molar-refractivity contribution >= 4 is 0 Å². The van der Waals surface area contributed by atoms with Crippen LogP contribution in [0.3, 0.4) is 0 Å². The first-order chi connectivity index (χ1) is 10.2. The second-order valence-corrected chi connectivity index (χ2v) is 4.79. The molecule has 2 heterocycles. The number of hydrogen-bond acceptors (Lipinski definition) is 3. The van der Waals surface area contributed by atoms with E-state index in [9.17, 15) is 4.39 Å². The van der Waals surface area contributed by atoms with Gasteiger partial charge < -0.3 is 5.73 Å². The van der Waals surface area contributed by atoms with Crippen molar-refractivity contribution in [1.29, 1.82) is 0 Å². The lowest BCUT2D eigenvalue weighted by Crippen LogP contribution is -2.02. The summed E-state index contributed by atoms with van der Waals surface area (Å²) >= 11 is 0. The highest BCUT2D eigenvalue weighted by atomic mass is 19.1. The van der Waals surface area contributed by atoms with E-state index in [2.05, 4.69) is 10.1 Å². The largest absolute Gasteiger partial charge is 0.326 e. The predicted molar refractivity (Wildman–Crippen MR) is 79.7 cm³/mol. The van der Waals surface area contributed by atoms with Crippen LogP contribution in [0, 0.1) is 5.82 Å². The standard InChI is InChI=1S/C16H15FN4/c1-21-9-8-15(20-21)16-12(10-18)4-7-14(19-16)11-2-5-13(17)6-3-11/h2-9H,10,18H2,1H3. The molecular weight excluding hydrogens is 267 g/mol. The van der Waals surface area contributed by atoms with Crippen LogP contribution in [0.15, 0.2) is 48.7 Å². The van der Waals surface area contributed by atoms with Gasteiger partial charge in [-0.1, -0.05) is 6.07 Å². The highest BCUT2D eigenvalue weighted by Gasteiger charge is 2.11. The minimum absolute atomic E-state index is 0.262. The van der Waals surface area contributed by atoms with Crippen LogP contribution in [0.25, 0.3) is 22.6 Å². The topological polar surface area (TPSA) is 56.7 Å². The van der Waals surface area contributed by atoms with Crippen LogP contribution in [0.4, 0.5) is 4.39 Å². The Morgan fingerprint density at radius 2 is 1.81 bits per heavy atom. The lowest BCUT2D eigenvalue weighted by atomic mass is 10.1. The fourth-order valence-electron chi connectivity index (χ4n) is 2.20. The number of aryl methyl sites for hydroxylation is 1. The zero-order valence-corrected chi connectivity index (χ0v) is 11.6. The van der Waals surface area contributed by atoms with Crippen LogP contribution < -0.4 is 5.73 Å². The van der Waals surface area contributed by atoms with Gasteiger partial charge in [-0.2, -0.15) is 5.10 Å². The van der Waals surface area contributed by atoms with E-state index in [-0.39, 0.29) is 5.82 Å². The second kappa shape index (κ2) is 5.46. The molecule has 3 rings (SSSR count). The molecule has 0 unspecified atom stereocenters. The molecule has 21 heavy (non-hydrogen) atoms. The molecule has 1 aromatic carbocycles. The summed E-state index contributed by atoms with van der Waals surface area (Å²) in [5.74, 6) is -0.262. The molecule has 0 radical (unpaired) electrons. The third-order valence-corrected chi connectivity index (χ3v) is 3.29. The maximum absolute atomic E-state index is 13.0. The summed E-state index contributed by atoms with van der Waals surface area (Å²) in [6, 6.07) is 12.0. The number of benzene rings is 1. The van der Waals surface area contributed by atoms with E-state index in [0.29, 0.717) is 6.54 Å². The van der Waals surface area contributed by atoms with Crippen molar-refractivity contribution in [1.82, 2.24) is 14.8 Å². The van der Waals surface area contributed by atoms with Gasteiger partial charge in [-0.05, 0) is 42.0 Å². The van der Waals surface area contributed by atoms with E-state index in [0.717, 1.165) is 28.2 Å². The van der Waals surface area contributed by atoms with Crippen molar-refractivity contribution < 1.29 is 4.39 Å². The molecule has 0 aliphatic carbocycles. The Labute approximate surface area is 122 Å². The van der Waals surface area contributed by atoms with Crippen molar-refractivity contribution in [2.45, 2.75) is 6.54 Å². The van der Waals surface area contributed by atoms with Crippen LogP contribution in [0.5, 0.6) is 0 Å².